The molecule has 0 atom stereocenters. The molecular formula is C27H28N2O5. The zero-order valence-corrected chi connectivity index (χ0v) is 20.0. The second kappa shape index (κ2) is 9.47. The number of benzene rings is 3. The Hall–Kier alpha value is -4.00. The van der Waals surface area contributed by atoms with Crippen molar-refractivity contribution in [2.45, 2.75) is 26.2 Å². The number of ether oxygens (including phenoxy) is 3. The predicted molar refractivity (Wildman–Crippen MR) is 132 cm³/mol. The van der Waals surface area contributed by atoms with Crippen LogP contribution in [0.3, 0.4) is 0 Å². The third kappa shape index (κ3) is 5.14. The van der Waals surface area contributed by atoms with Crippen LogP contribution in [-0.4, -0.2) is 31.7 Å². The lowest BCUT2D eigenvalue weighted by atomic mass is 9.87. The van der Waals surface area contributed by atoms with Crippen molar-refractivity contribution in [1.82, 2.24) is 4.98 Å². The summed E-state index contributed by atoms with van der Waals surface area (Å²) in [5.41, 5.74) is 3.87. The number of aromatic nitrogens is 1. The van der Waals surface area contributed by atoms with Crippen LogP contribution in [0.15, 0.2) is 65.1 Å². The van der Waals surface area contributed by atoms with Crippen molar-refractivity contribution < 1.29 is 23.4 Å². The first kappa shape index (κ1) is 23.2. The molecule has 0 unspecified atom stereocenters. The summed E-state index contributed by atoms with van der Waals surface area (Å²) in [7, 11) is 3.16. The number of hydrogen-bond donors (Lipinski definition) is 1. The Morgan fingerprint density at radius 1 is 0.941 bits per heavy atom. The number of oxazole rings is 1. The molecule has 1 aromatic heterocycles. The average Bonchev–Trinajstić information content (AvgIpc) is 3.25. The number of carbonyl (C=O) groups is 1. The normalized spacial score (nSPS) is 11.3. The lowest BCUT2D eigenvalue weighted by Crippen LogP contribution is -2.20. The maximum Gasteiger partial charge on any atom is 0.262 e. The van der Waals surface area contributed by atoms with E-state index in [1.807, 2.05) is 30.3 Å². The van der Waals surface area contributed by atoms with Crippen LogP contribution in [0.1, 0.15) is 26.3 Å². The number of carbonyl (C=O) groups excluding carboxylic acids is 1. The van der Waals surface area contributed by atoms with Gasteiger partial charge in [-0.05, 0) is 59.5 Å². The maximum atomic E-state index is 12.4. The van der Waals surface area contributed by atoms with Crippen molar-refractivity contribution in [3.8, 4) is 28.7 Å². The molecule has 0 aliphatic carbocycles. The summed E-state index contributed by atoms with van der Waals surface area (Å²) in [6, 6.07) is 18.5. The highest BCUT2D eigenvalue weighted by Crippen LogP contribution is 2.33. The third-order valence-electron chi connectivity index (χ3n) is 5.39. The molecule has 7 nitrogen and oxygen atoms in total. The second-order valence-corrected chi connectivity index (χ2v) is 8.88. The van der Waals surface area contributed by atoms with Crippen molar-refractivity contribution in [3.63, 3.8) is 0 Å². The van der Waals surface area contributed by atoms with Crippen LogP contribution < -0.4 is 19.5 Å². The smallest absolute Gasteiger partial charge is 0.262 e. The van der Waals surface area contributed by atoms with Crippen molar-refractivity contribution in [1.29, 1.82) is 0 Å². The first-order valence-electron chi connectivity index (χ1n) is 10.9. The van der Waals surface area contributed by atoms with Gasteiger partial charge in [-0.1, -0.05) is 32.9 Å². The lowest BCUT2D eigenvalue weighted by Gasteiger charge is -2.19. The molecule has 3 aromatic carbocycles. The van der Waals surface area contributed by atoms with Gasteiger partial charge >= 0.3 is 0 Å². The highest BCUT2D eigenvalue weighted by molar-refractivity contribution is 5.94. The standard InChI is InChI=1S/C27H28N2O5/c1-27(2,3)18-7-10-20(11-8-18)33-16-25(30)28-19-9-13-22-21(15-19)29-26(34-22)17-6-12-23(31-4)24(14-17)32-5/h6-15H,16H2,1-5H3,(H,28,30). The summed E-state index contributed by atoms with van der Waals surface area (Å²) in [6.07, 6.45) is 0. The Labute approximate surface area is 198 Å². The molecular weight excluding hydrogens is 432 g/mol. The van der Waals surface area contributed by atoms with E-state index in [0.717, 1.165) is 5.56 Å². The molecule has 7 heteroatoms. The Morgan fingerprint density at radius 2 is 1.68 bits per heavy atom. The molecule has 176 valence electrons. The van der Waals surface area contributed by atoms with Crippen LogP contribution >= 0.6 is 0 Å². The fraction of sp³-hybridized carbons (Fsp3) is 0.259. The molecule has 4 rings (SSSR count). The number of fused-ring (bicyclic) bond motifs is 1. The Bertz CT molecular complexity index is 1300. The van der Waals surface area contributed by atoms with E-state index in [-0.39, 0.29) is 17.9 Å². The van der Waals surface area contributed by atoms with Gasteiger partial charge in [0, 0.05) is 11.3 Å². The molecule has 4 aromatic rings. The minimum absolute atomic E-state index is 0.0645. The van der Waals surface area contributed by atoms with Crippen molar-refractivity contribution in [2.75, 3.05) is 26.1 Å². The number of nitrogens with one attached hydrogen (secondary N) is 1. The largest absolute Gasteiger partial charge is 0.493 e. The monoisotopic (exact) mass is 460 g/mol. The van der Waals surface area contributed by atoms with Gasteiger partial charge < -0.3 is 23.9 Å². The highest BCUT2D eigenvalue weighted by atomic mass is 16.5. The molecule has 0 aliphatic rings. The van der Waals surface area contributed by atoms with E-state index in [2.05, 4.69) is 31.1 Å². The summed E-state index contributed by atoms with van der Waals surface area (Å²) in [5, 5.41) is 2.84. The fourth-order valence-electron chi connectivity index (χ4n) is 3.50. The molecule has 1 heterocycles. The molecule has 1 N–H and O–H groups in total. The van der Waals surface area contributed by atoms with Crippen molar-refractivity contribution in [3.05, 3.63) is 66.2 Å². The number of anilines is 1. The second-order valence-electron chi connectivity index (χ2n) is 8.88. The van der Waals surface area contributed by atoms with E-state index in [1.165, 1.54) is 5.56 Å². The van der Waals surface area contributed by atoms with Crippen molar-refractivity contribution in [2.24, 2.45) is 0 Å². The molecule has 0 saturated carbocycles. The SMILES string of the molecule is COc1ccc(-c2nc3cc(NC(=O)COc4ccc(C(C)(C)C)cc4)ccc3o2)cc1OC. The quantitative estimate of drug-likeness (QED) is 0.374. The molecule has 0 spiro atoms. The average molecular weight is 461 g/mol. The van der Waals surface area contributed by atoms with Gasteiger partial charge in [-0.3, -0.25) is 4.79 Å². The van der Waals surface area contributed by atoms with Crippen LogP contribution in [0.5, 0.6) is 17.2 Å². The molecule has 0 aliphatic heterocycles. The maximum absolute atomic E-state index is 12.4. The van der Waals surface area contributed by atoms with Gasteiger partial charge in [0.2, 0.25) is 5.89 Å². The highest BCUT2D eigenvalue weighted by Gasteiger charge is 2.15. The van der Waals surface area contributed by atoms with Crippen LogP contribution in [0.4, 0.5) is 5.69 Å². The first-order valence-corrected chi connectivity index (χ1v) is 10.9. The number of hydrogen-bond acceptors (Lipinski definition) is 6. The van der Waals surface area contributed by atoms with E-state index in [4.69, 9.17) is 18.6 Å². The molecule has 0 radical (unpaired) electrons. The van der Waals surface area contributed by atoms with Crippen molar-refractivity contribution >= 4 is 22.7 Å². The molecule has 0 saturated heterocycles. The molecule has 1 amide bonds. The summed E-state index contributed by atoms with van der Waals surface area (Å²) >= 11 is 0. The van der Waals surface area contributed by atoms with Gasteiger partial charge in [0.1, 0.15) is 11.3 Å². The Balaban J connectivity index is 1.42. The van der Waals surface area contributed by atoms with Crippen LogP contribution in [0.2, 0.25) is 0 Å². The third-order valence-corrected chi connectivity index (χ3v) is 5.39. The van der Waals surface area contributed by atoms with Crippen LogP contribution in [-0.2, 0) is 10.2 Å². The van der Waals surface area contributed by atoms with Gasteiger partial charge in [-0.15, -0.1) is 0 Å². The molecule has 0 fully saturated rings. The lowest BCUT2D eigenvalue weighted by molar-refractivity contribution is -0.118. The summed E-state index contributed by atoms with van der Waals surface area (Å²) < 4.78 is 22.1. The Kier molecular flexibility index (Phi) is 6.45. The minimum Gasteiger partial charge on any atom is -0.493 e. The van der Waals surface area contributed by atoms with E-state index in [1.54, 1.807) is 44.6 Å². The van der Waals surface area contributed by atoms with Gasteiger partial charge in [0.25, 0.3) is 5.91 Å². The van der Waals surface area contributed by atoms with E-state index < -0.39 is 0 Å². The van der Waals surface area contributed by atoms with Crippen LogP contribution in [0.25, 0.3) is 22.6 Å². The fourth-order valence-corrected chi connectivity index (χ4v) is 3.50. The summed E-state index contributed by atoms with van der Waals surface area (Å²) in [4.78, 5) is 17.0. The summed E-state index contributed by atoms with van der Waals surface area (Å²) in [5.74, 6) is 2.04. The predicted octanol–water partition coefficient (Wildman–Crippen LogP) is 5.83. The minimum atomic E-state index is -0.261. The number of amides is 1. The zero-order chi connectivity index (χ0) is 24.3. The van der Waals surface area contributed by atoms with Gasteiger partial charge in [-0.2, -0.15) is 0 Å². The molecule has 34 heavy (non-hydrogen) atoms. The number of rotatable bonds is 7. The first-order chi connectivity index (χ1) is 16.3. The number of nitrogens with zero attached hydrogens (tertiary/aromatic N) is 1. The summed E-state index contributed by atoms with van der Waals surface area (Å²) in [6.45, 7) is 6.36. The van der Waals surface area contributed by atoms with E-state index in [0.29, 0.717) is 39.9 Å². The van der Waals surface area contributed by atoms with E-state index in [9.17, 15) is 4.79 Å². The van der Waals surface area contributed by atoms with Gasteiger partial charge in [-0.25, -0.2) is 4.98 Å². The topological polar surface area (TPSA) is 82.8 Å². The van der Waals surface area contributed by atoms with E-state index >= 15 is 0 Å². The number of methoxy groups -OCH3 is 2. The van der Waals surface area contributed by atoms with Gasteiger partial charge in [0.05, 0.1) is 14.2 Å². The van der Waals surface area contributed by atoms with Gasteiger partial charge in [0.15, 0.2) is 23.7 Å². The van der Waals surface area contributed by atoms with Crippen LogP contribution in [0, 0.1) is 0 Å². The Morgan fingerprint density at radius 3 is 2.35 bits per heavy atom. The molecule has 0 bridgehead atoms. The zero-order valence-electron chi connectivity index (χ0n) is 20.0.